The molecule has 1 saturated heterocycles. The van der Waals surface area contributed by atoms with Crippen molar-refractivity contribution in [3.8, 4) is 0 Å². The van der Waals surface area contributed by atoms with Crippen molar-refractivity contribution in [2.24, 2.45) is 0 Å². The number of benzene rings is 2. The fraction of sp³-hybridized carbons (Fsp3) is 0.333. The molecule has 0 unspecified atom stereocenters. The minimum atomic E-state index is -0.240. The van der Waals surface area contributed by atoms with Crippen LogP contribution in [0.1, 0.15) is 28.8 Å². The molecule has 0 saturated carbocycles. The van der Waals surface area contributed by atoms with Gasteiger partial charge in [-0.05, 0) is 61.7 Å². The van der Waals surface area contributed by atoms with E-state index in [2.05, 4.69) is 15.5 Å². The van der Waals surface area contributed by atoms with Gasteiger partial charge >= 0.3 is 0 Å². The van der Waals surface area contributed by atoms with Crippen molar-refractivity contribution in [1.82, 2.24) is 0 Å². The number of nitrogens with one attached hydrogen (secondary N) is 2. The van der Waals surface area contributed by atoms with Crippen LogP contribution in [-0.2, 0) is 9.53 Å². The van der Waals surface area contributed by atoms with E-state index in [1.165, 1.54) is 20.0 Å². The van der Waals surface area contributed by atoms with E-state index >= 15 is 0 Å². The fourth-order valence-corrected chi connectivity index (χ4v) is 3.16. The molecule has 1 aliphatic heterocycles. The fourth-order valence-electron chi connectivity index (χ4n) is 3.16. The van der Waals surface area contributed by atoms with Gasteiger partial charge in [0.1, 0.15) is 6.61 Å². The van der Waals surface area contributed by atoms with E-state index in [4.69, 9.17) is 4.74 Å². The first-order chi connectivity index (χ1) is 13.1. The van der Waals surface area contributed by atoms with Gasteiger partial charge in [-0.3, -0.25) is 9.59 Å². The lowest BCUT2D eigenvalue weighted by Crippen LogP contribution is -2.18. The van der Waals surface area contributed by atoms with Gasteiger partial charge in [0.05, 0.1) is 0 Å². The molecule has 0 spiro atoms. The van der Waals surface area contributed by atoms with E-state index in [-0.39, 0.29) is 18.4 Å². The maximum absolute atomic E-state index is 12.6. The second-order valence-corrected chi connectivity index (χ2v) is 6.71. The van der Waals surface area contributed by atoms with Crippen LogP contribution in [-0.4, -0.2) is 38.6 Å². The Bertz CT molecular complexity index is 812. The Morgan fingerprint density at radius 3 is 2.41 bits per heavy atom. The molecule has 2 amide bonds. The predicted octanol–water partition coefficient (Wildman–Crippen LogP) is 3.43. The zero-order valence-electron chi connectivity index (χ0n) is 15.7. The quantitative estimate of drug-likeness (QED) is 0.821. The summed E-state index contributed by atoms with van der Waals surface area (Å²) in [6.07, 6.45) is 2.44. The van der Waals surface area contributed by atoms with Gasteiger partial charge in [-0.25, -0.2) is 0 Å². The summed E-state index contributed by atoms with van der Waals surface area (Å²) in [4.78, 5) is 26.6. The SMILES string of the molecule is COCC(=O)Nc1ccc(C)c(NC(=O)c2ccc(N3CCCC3)cc2)c1. The van der Waals surface area contributed by atoms with E-state index in [9.17, 15) is 9.59 Å². The molecular formula is C21H25N3O3. The van der Waals surface area contributed by atoms with Gasteiger partial charge in [0.2, 0.25) is 5.91 Å². The van der Waals surface area contributed by atoms with E-state index < -0.39 is 0 Å². The lowest BCUT2D eigenvalue weighted by atomic mass is 10.1. The van der Waals surface area contributed by atoms with Crippen LogP contribution in [0.3, 0.4) is 0 Å². The molecule has 1 heterocycles. The van der Waals surface area contributed by atoms with Crippen LogP contribution in [0.25, 0.3) is 0 Å². The Morgan fingerprint density at radius 1 is 1.04 bits per heavy atom. The molecule has 142 valence electrons. The first-order valence-electron chi connectivity index (χ1n) is 9.12. The van der Waals surface area contributed by atoms with Crippen molar-refractivity contribution in [3.63, 3.8) is 0 Å². The third-order valence-corrected chi connectivity index (χ3v) is 4.65. The molecule has 27 heavy (non-hydrogen) atoms. The van der Waals surface area contributed by atoms with E-state index in [0.29, 0.717) is 16.9 Å². The molecule has 0 atom stereocenters. The first-order valence-corrected chi connectivity index (χ1v) is 9.12. The zero-order valence-corrected chi connectivity index (χ0v) is 15.7. The topological polar surface area (TPSA) is 70.7 Å². The van der Waals surface area contributed by atoms with Crippen LogP contribution in [0.15, 0.2) is 42.5 Å². The third-order valence-electron chi connectivity index (χ3n) is 4.65. The molecule has 2 N–H and O–H groups in total. The summed E-state index contributed by atoms with van der Waals surface area (Å²) in [5.41, 5.74) is 3.96. The van der Waals surface area contributed by atoms with Crippen molar-refractivity contribution in [2.75, 3.05) is 42.3 Å². The Labute approximate surface area is 159 Å². The van der Waals surface area contributed by atoms with Gasteiger partial charge in [-0.2, -0.15) is 0 Å². The van der Waals surface area contributed by atoms with E-state index in [1.54, 1.807) is 12.1 Å². The Kier molecular flexibility index (Phi) is 6.08. The standard InChI is InChI=1S/C21H25N3O3/c1-15-5-8-17(22-20(25)14-27-2)13-19(15)23-21(26)16-6-9-18(10-7-16)24-11-3-4-12-24/h5-10,13H,3-4,11-12,14H2,1-2H3,(H,22,25)(H,23,26). The van der Waals surface area contributed by atoms with Crippen LogP contribution in [0, 0.1) is 6.92 Å². The summed E-state index contributed by atoms with van der Waals surface area (Å²) < 4.78 is 4.81. The molecule has 0 bridgehead atoms. The van der Waals surface area contributed by atoms with Crippen LogP contribution >= 0.6 is 0 Å². The average molecular weight is 367 g/mol. The molecule has 3 rings (SSSR count). The van der Waals surface area contributed by atoms with Crippen molar-refractivity contribution >= 4 is 28.9 Å². The Morgan fingerprint density at radius 2 is 1.74 bits per heavy atom. The van der Waals surface area contributed by atoms with Gasteiger partial charge in [0.25, 0.3) is 5.91 Å². The Balaban J connectivity index is 1.68. The number of carbonyl (C=O) groups is 2. The van der Waals surface area contributed by atoms with Crippen molar-refractivity contribution < 1.29 is 14.3 Å². The maximum Gasteiger partial charge on any atom is 0.255 e. The van der Waals surface area contributed by atoms with Crippen molar-refractivity contribution in [2.45, 2.75) is 19.8 Å². The Hall–Kier alpha value is -2.86. The number of hydrogen-bond donors (Lipinski definition) is 2. The second kappa shape index (κ2) is 8.68. The van der Waals surface area contributed by atoms with Gasteiger partial charge in [0.15, 0.2) is 0 Å². The number of ether oxygens (including phenoxy) is 1. The van der Waals surface area contributed by atoms with Gasteiger partial charge in [0, 0.05) is 42.8 Å². The molecule has 0 aliphatic carbocycles. The minimum Gasteiger partial charge on any atom is -0.375 e. The lowest BCUT2D eigenvalue weighted by Gasteiger charge is -2.17. The molecule has 6 heteroatoms. The zero-order chi connectivity index (χ0) is 19.2. The lowest BCUT2D eigenvalue weighted by molar-refractivity contribution is -0.119. The molecule has 6 nitrogen and oxygen atoms in total. The largest absolute Gasteiger partial charge is 0.375 e. The van der Waals surface area contributed by atoms with Gasteiger partial charge < -0.3 is 20.3 Å². The summed E-state index contributed by atoms with van der Waals surface area (Å²) >= 11 is 0. The maximum atomic E-state index is 12.6. The molecule has 1 aliphatic rings. The minimum absolute atomic E-state index is 0.0149. The first kappa shape index (κ1) is 18.9. The molecular weight excluding hydrogens is 342 g/mol. The highest BCUT2D eigenvalue weighted by Gasteiger charge is 2.14. The van der Waals surface area contributed by atoms with Crippen molar-refractivity contribution in [1.29, 1.82) is 0 Å². The number of carbonyl (C=O) groups excluding carboxylic acids is 2. The molecule has 1 fully saturated rings. The van der Waals surface area contributed by atoms with E-state index in [0.717, 1.165) is 24.3 Å². The number of nitrogens with zero attached hydrogens (tertiary/aromatic N) is 1. The summed E-state index contributed by atoms with van der Waals surface area (Å²) in [5.74, 6) is -0.414. The highest BCUT2D eigenvalue weighted by atomic mass is 16.5. The predicted molar refractivity (Wildman–Crippen MR) is 108 cm³/mol. The number of methoxy groups -OCH3 is 1. The molecule has 2 aromatic carbocycles. The van der Waals surface area contributed by atoms with Crippen LogP contribution < -0.4 is 15.5 Å². The van der Waals surface area contributed by atoms with Crippen LogP contribution in [0.4, 0.5) is 17.1 Å². The summed E-state index contributed by atoms with van der Waals surface area (Å²) in [7, 11) is 1.47. The van der Waals surface area contributed by atoms with Crippen LogP contribution in [0.2, 0.25) is 0 Å². The molecule has 0 aromatic heterocycles. The molecule has 2 aromatic rings. The average Bonchev–Trinajstić information content (AvgIpc) is 3.19. The second-order valence-electron chi connectivity index (χ2n) is 6.71. The summed E-state index contributed by atoms with van der Waals surface area (Å²) in [5, 5.41) is 5.67. The summed E-state index contributed by atoms with van der Waals surface area (Å²) in [6, 6.07) is 13.1. The van der Waals surface area contributed by atoms with Gasteiger partial charge in [-0.1, -0.05) is 6.07 Å². The number of amides is 2. The molecule has 0 radical (unpaired) electrons. The van der Waals surface area contributed by atoms with Crippen molar-refractivity contribution in [3.05, 3.63) is 53.6 Å². The highest BCUT2D eigenvalue weighted by molar-refractivity contribution is 6.05. The number of aryl methyl sites for hydroxylation is 1. The number of rotatable bonds is 6. The normalized spacial score (nSPS) is 13.5. The van der Waals surface area contributed by atoms with Crippen LogP contribution in [0.5, 0.6) is 0 Å². The monoisotopic (exact) mass is 367 g/mol. The van der Waals surface area contributed by atoms with Gasteiger partial charge in [-0.15, -0.1) is 0 Å². The number of anilines is 3. The number of hydrogen-bond acceptors (Lipinski definition) is 4. The van der Waals surface area contributed by atoms with E-state index in [1.807, 2.05) is 37.3 Å². The smallest absolute Gasteiger partial charge is 0.255 e. The summed E-state index contributed by atoms with van der Waals surface area (Å²) in [6.45, 7) is 4.05. The highest BCUT2D eigenvalue weighted by Crippen LogP contribution is 2.23. The third kappa shape index (κ3) is 4.86.